The van der Waals surface area contributed by atoms with Gasteiger partial charge in [-0.2, -0.15) is 0 Å². The number of rotatable bonds is 32. The van der Waals surface area contributed by atoms with Gasteiger partial charge in [-0.1, -0.05) is 116 Å². The van der Waals surface area contributed by atoms with E-state index in [1.165, 1.54) is 83.5 Å². The second kappa shape index (κ2) is 36.8. The average molecular weight is 668 g/mol. The van der Waals surface area contributed by atoms with E-state index < -0.39 is 26.5 Å². The fourth-order valence-electron chi connectivity index (χ4n) is 4.60. The van der Waals surface area contributed by atoms with Gasteiger partial charge in [-0.3, -0.25) is 9.59 Å². The molecule has 1 amide bonds. The molecule has 0 unspecified atom stereocenters. The summed E-state index contributed by atoms with van der Waals surface area (Å²) < 4.78 is 31.3. The molecule has 0 aliphatic carbocycles. The minimum atomic E-state index is -5.18. The molecule has 250 valence electrons. The predicted molar refractivity (Wildman–Crippen MR) is 162 cm³/mol. The molecule has 13 heteroatoms. The van der Waals surface area contributed by atoms with Crippen LogP contribution in [0.2, 0.25) is 0 Å². The number of carbonyl (C=O) groups is 2. The Hall–Kier alpha value is 0.970. The van der Waals surface area contributed by atoms with Gasteiger partial charge in [-0.25, -0.2) is 0 Å². The summed E-state index contributed by atoms with van der Waals surface area (Å²) in [5, 5.41) is 2.83. The first-order valence-corrected chi connectivity index (χ1v) is 18.0. The Bertz CT molecular complexity index is 687. The maximum absolute atomic E-state index is 12.2. The third kappa shape index (κ3) is 41.0. The fourth-order valence-corrected chi connectivity index (χ4v) is 4.95. The van der Waals surface area contributed by atoms with E-state index in [-0.39, 0.29) is 84.8 Å². The summed E-state index contributed by atoms with van der Waals surface area (Å²) in [6.45, 7) is 4.40. The quantitative estimate of drug-likeness (QED) is 0.0347. The summed E-state index contributed by atoms with van der Waals surface area (Å²) in [6, 6.07) is 0. The third-order valence-corrected chi connectivity index (χ3v) is 7.48. The van der Waals surface area contributed by atoms with Gasteiger partial charge in [0.1, 0.15) is 12.9 Å². The van der Waals surface area contributed by atoms with Gasteiger partial charge in [0.15, 0.2) is 0 Å². The van der Waals surface area contributed by atoms with Gasteiger partial charge in [-0.05, 0) is 19.3 Å². The van der Waals surface area contributed by atoms with E-state index in [1.54, 1.807) is 6.92 Å². The smallest absolute Gasteiger partial charge is 0.790 e. The number of unbranched alkanes of at least 4 members (excludes halogenated alkanes) is 18. The Kier molecular flexibility index (Phi) is 41.3. The van der Waals surface area contributed by atoms with Gasteiger partial charge in [0.25, 0.3) is 0 Å². The van der Waals surface area contributed by atoms with Crippen LogP contribution in [0.4, 0.5) is 0 Å². The van der Waals surface area contributed by atoms with Crippen molar-refractivity contribution in [2.45, 2.75) is 155 Å². The molecule has 1 N–H and O–H groups in total. The fraction of sp³-hybridized carbons (Fsp3) is 0.935. The molecule has 0 radical (unpaired) electrons. The Morgan fingerprint density at radius 3 is 1.66 bits per heavy atom. The number of nitrogens with one attached hydrogen (secondary N) is 1. The minimum Gasteiger partial charge on any atom is -0.790 e. The van der Waals surface area contributed by atoms with Crippen LogP contribution < -0.4 is 74.2 Å². The number of hydrogen-bond donors (Lipinski definition) is 1. The number of ether oxygens (including phenoxy) is 3. The largest absolute Gasteiger partial charge is 1.00 e. The predicted octanol–water partition coefficient (Wildman–Crippen LogP) is 0.0903. The molecule has 0 spiro atoms. The van der Waals surface area contributed by atoms with Crippen LogP contribution in [0.3, 0.4) is 0 Å². The third-order valence-electron chi connectivity index (χ3n) is 7.01. The number of carbonyl (C=O) groups excluding carboxylic acids is 2. The zero-order valence-electron chi connectivity index (χ0n) is 28.6. The Morgan fingerprint density at radius 2 is 1.16 bits per heavy atom. The van der Waals surface area contributed by atoms with E-state index >= 15 is 0 Å². The molecular formula is C31H60NNa2O9P. The Labute approximate surface area is 312 Å². The van der Waals surface area contributed by atoms with E-state index in [2.05, 4.69) is 16.8 Å². The summed E-state index contributed by atoms with van der Waals surface area (Å²) in [4.78, 5) is 44.7. The van der Waals surface area contributed by atoms with Crippen molar-refractivity contribution >= 4 is 19.7 Å². The van der Waals surface area contributed by atoms with Gasteiger partial charge in [-0.15, -0.1) is 0 Å². The van der Waals surface area contributed by atoms with Gasteiger partial charge in [0.05, 0.1) is 21.0 Å². The van der Waals surface area contributed by atoms with Gasteiger partial charge in [0, 0.05) is 26.5 Å². The number of phosphoric acid groups is 1. The molecule has 0 aliphatic heterocycles. The van der Waals surface area contributed by atoms with Crippen LogP contribution in [0.5, 0.6) is 0 Å². The van der Waals surface area contributed by atoms with Crippen molar-refractivity contribution in [2.24, 2.45) is 0 Å². The van der Waals surface area contributed by atoms with Gasteiger partial charge >= 0.3 is 65.1 Å². The molecular weight excluding hydrogens is 607 g/mol. The molecule has 0 rings (SSSR count). The second-order valence-corrected chi connectivity index (χ2v) is 12.4. The van der Waals surface area contributed by atoms with Gasteiger partial charge in [0.2, 0.25) is 5.91 Å². The summed E-state index contributed by atoms with van der Waals surface area (Å²) in [5.41, 5.74) is 0. The zero-order chi connectivity index (χ0) is 31.2. The van der Waals surface area contributed by atoms with E-state index in [1.807, 2.05) is 0 Å². The molecule has 0 saturated heterocycles. The molecule has 0 fully saturated rings. The van der Waals surface area contributed by atoms with Crippen LogP contribution in [-0.2, 0) is 32.9 Å². The van der Waals surface area contributed by atoms with Gasteiger partial charge < -0.3 is 38.4 Å². The van der Waals surface area contributed by atoms with Crippen LogP contribution in [0, 0.1) is 0 Å². The average Bonchev–Trinajstić information content (AvgIpc) is 2.93. The summed E-state index contributed by atoms with van der Waals surface area (Å²) >= 11 is 0. The summed E-state index contributed by atoms with van der Waals surface area (Å²) in [5.74, 6) is -0.413. The molecule has 0 aromatic carbocycles. The first-order valence-electron chi connectivity index (χ1n) is 16.5. The van der Waals surface area contributed by atoms with Crippen LogP contribution in [-0.4, -0.2) is 51.1 Å². The SMILES string of the molecule is CCCCCCCCCCCC(=O)O[C@H](COCOCCCCCCCCCCCCCNC(C)=O)COP(=O)([O-])[O-].[Na+].[Na+]. The first-order chi connectivity index (χ1) is 20.2. The van der Waals surface area contributed by atoms with Crippen molar-refractivity contribution in [2.75, 3.05) is 33.2 Å². The van der Waals surface area contributed by atoms with Crippen molar-refractivity contribution in [3.63, 3.8) is 0 Å². The molecule has 0 heterocycles. The maximum atomic E-state index is 12.2. The van der Waals surface area contributed by atoms with Crippen molar-refractivity contribution in [3.05, 3.63) is 0 Å². The number of amides is 1. The molecule has 0 bridgehead atoms. The Morgan fingerprint density at radius 1 is 0.682 bits per heavy atom. The maximum Gasteiger partial charge on any atom is 1.00 e. The van der Waals surface area contributed by atoms with Crippen molar-refractivity contribution < 1.29 is 102 Å². The standard InChI is InChI=1S/C31H62NO9P.2Na/c1-3-4-5-6-7-11-14-17-20-23-31(34)41-30(27-40-42(35,36)37)26-39-28-38-25-22-19-16-13-10-8-9-12-15-18-21-24-32-29(2)33;;/h30H,3-28H2,1-2H3,(H,32,33)(H2,35,36,37);;/q;2*+1/p-2/t30-;;/m1../s1. The van der Waals surface area contributed by atoms with E-state index in [0.29, 0.717) is 13.0 Å². The van der Waals surface area contributed by atoms with Crippen molar-refractivity contribution in [3.8, 4) is 0 Å². The molecule has 0 aromatic rings. The molecule has 10 nitrogen and oxygen atoms in total. The zero-order valence-corrected chi connectivity index (χ0v) is 33.5. The number of esters is 1. The first kappa shape index (κ1) is 49.4. The number of hydrogen-bond acceptors (Lipinski definition) is 9. The molecule has 0 aromatic heterocycles. The normalized spacial score (nSPS) is 11.8. The minimum absolute atomic E-state index is 0. The van der Waals surface area contributed by atoms with Crippen LogP contribution in [0.1, 0.15) is 149 Å². The van der Waals surface area contributed by atoms with Crippen molar-refractivity contribution in [1.82, 2.24) is 5.32 Å². The monoisotopic (exact) mass is 667 g/mol. The molecule has 44 heavy (non-hydrogen) atoms. The van der Waals surface area contributed by atoms with Crippen LogP contribution >= 0.6 is 7.82 Å². The van der Waals surface area contributed by atoms with E-state index in [9.17, 15) is 23.9 Å². The van der Waals surface area contributed by atoms with E-state index in [4.69, 9.17) is 14.2 Å². The summed E-state index contributed by atoms with van der Waals surface area (Å²) in [6.07, 6.45) is 22.3. The second-order valence-electron chi connectivity index (χ2n) is 11.2. The van der Waals surface area contributed by atoms with E-state index in [0.717, 1.165) is 45.1 Å². The van der Waals surface area contributed by atoms with Crippen molar-refractivity contribution in [1.29, 1.82) is 0 Å². The molecule has 1 atom stereocenters. The molecule has 0 aliphatic rings. The molecule has 0 saturated carbocycles. The summed E-state index contributed by atoms with van der Waals surface area (Å²) in [7, 11) is -5.18. The topological polar surface area (TPSA) is 146 Å². The van der Waals surface area contributed by atoms with Crippen LogP contribution in [0.15, 0.2) is 0 Å². The number of phosphoric ester groups is 1. The Balaban J connectivity index is -0.00000840. The van der Waals surface area contributed by atoms with Crippen LogP contribution in [0.25, 0.3) is 0 Å².